The molecule has 0 unspecified atom stereocenters. The molecule has 0 aliphatic rings. The van der Waals surface area contributed by atoms with E-state index in [0.717, 1.165) is 12.3 Å². The zero-order chi connectivity index (χ0) is 21.7. The normalized spacial score (nSPS) is 11.2. The minimum absolute atomic E-state index is 0.0236. The van der Waals surface area contributed by atoms with Crippen molar-refractivity contribution < 1.29 is 36.9 Å². The molecule has 2 aromatic heterocycles. The number of ether oxygens (including phenoxy) is 2. The summed E-state index contributed by atoms with van der Waals surface area (Å²) in [4.78, 5) is 29.7. The molecule has 156 valence electrons. The number of nitrogens with zero attached hydrogens (tertiary/aromatic N) is 4. The van der Waals surface area contributed by atoms with Gasteiger partial charge in [-0.2, -0.15) is 18.2 Å². The van der Waals surface area contributed by atoms with Crippen LogP contribution < -0.4 is 4.74 Å². The lowest BCUT2D eigenvalue weighted by Crippen LogP contribution is -2.19. The summed E-state index contributed by atoms with van der Waals surface area (Å²) in [6.45, 7) is -1.87. The Kier molecular flexibility index (Phi) is 5.90. The molecule has 0 saturated heterocycles. The molecule has 0 bridgehead atoms. The largest absolute Gasteiger partial charge is 0.468 e. The summed E-state index contributed by atoms with van der Waals surface area (Å²) in [5.41, 5.74) is 0.338. The van der Waals surface area contributed by atoms with Crippen LogP contribution in [0.25, 0.3) is 11.4 Å². The first-order valence-corrected chi connectivity index (χ1v) is 8.11. The Labute approximate surface area is 165 Å². The molecule has 0 N–H and O–H groups in total. The third-order valence-electron chi connectivity index (χ3n) is 3.49. The number of esters is 1. The Morgan fingerprint density at radius 3 is 2.50 bits per heavy atom. The maximum atomic E-state index is 12.1. The van der Waals surface area contributed by atoms with Gasteiger partial charge in [0.05, 0.1) is 10.5 Å². The molecule has 13 heteroatoms. The highest BCUT2D eigenvalue weighted by Crippen LogP contribution is 2.20. The zero-order valence-corrected chi connectivity index (χ0v) is 14.8. The van der Waals surface area contributed by atoms with Crippen LogP contribution in [-0.2, 0) is 11.3 Å². The second-order valence-corrected chi connectivity index (χ2v) is 5.68. The van der Waals surface area contributed by atoms with Crippen LogP contribution in [0.2, 0.25) is 0 Å². The van der Waals surface area contributed by atoms with Gasteiger partial charge in [-0.15, -0.1) is 0 Å². The topological polar surface area (TPSA) is 130 Å². The zero-order valence-electron chi connectivity index (χ0n) is 14.8. The van der Waals surface area contributed by atoms with E-state index in [-0.39, 0.29) is 35.5 Å². The number of benzene rings is 1. The van der Waals surface area contributed by atoms with Crippen molar-refractivity contribution in [2.45, 2.75) is 12.8 Å². The predicted octanol–water partition coefficient (Wildman–Crippen LogP) is 3.34. The number of carbonyl (C=O) groups excluding carboxylic acids is 1. The smallest absolute Gasteiger partial charge is 0.422 e. The first kappa shape index (κ1) is 20.7. The minimum atomic E-state index is -4.50. The van der Waals surface area contributed by atoms with Gasteiger partial charge < -0.3 is 14.0 Å². The number of hydrogen-bond donors (Lipinski definition) is 0. The Morgan fingerprint density at radius 1 is 1.17 bits per heavy atom. The van der Waals surface area contributed by atoms with Gasteiger partial charge >= 0.3 is 12.1 Å². The number of nitro groups is 1. The number of alkyl halides is 3. The number of rotatable bonds is 7. The highest BCUT2D eigenvalue weighted by atomic mass is 19.4. The van der Waals surface area contributed by atoms with Crippen molar-refractivity contribution in [2.75, 3.05) is 6.61 Å². The van der Waals surface area contributed by atoms with Gasteiger partial charge in [0.15, 0.2) is 13.2 Å². The molecule has 3 aromatic rings. The summed E-state index contributed by atoms with van der Waals surface area (Å²) in [7, 11) is 0. The predicted molar refractivity (Wildman–Crippen MR) is 91.3 cm³/mol. The number of pyridine rings is 1. The van der Waals surface area contributed by atoms with E-state index in [0.29, 0.717) is 5.56 Å². The molecule has 0 amide bonds. The van der Waals surface area contributed by atoms with E-state index >= 15 is 0 Å². The van der Waals surface area contributed by atoms with E-state index in [1.807, 2.05) is 0 Å². The van der Waals surface area contributed by atoms with Crippen molar-refractivity contribution in [1.29, 1.82) is 0 Å². The number of aromatic nitrogens is 3. The van der Waals surface area contributed by atoms with Crippen LogP contribution in [0, 0.1) is 10.1 Å². The van der Waals surface area contributed by atoms with E-state index in [2.05, 4.69) is 19.9 Å². The molecule has 2 heterocycles. The van der Waals surface area contributed by atoms with Gasteiger partial charge in [0.25, 0.3) is 11.6 Å². The summed E-state index contributed by atoms with van der Waals surface area (Å²) in [6.07, 6.45) is -3.50. The molecule has 0 spiro atoms. The highest BCUT2D eigenvalue weighted by molar-refractivity contribution is 5.89. The van der Waals surface area contributed by atoms with E-state index in [9.17, 15) is 28.1 Å². The quantitative estimate of drug-likeness (QED) is 0.318. The Balaban J connectivity index is 1.55. The van der Waals surface area contributed by atoms with Crippen molar-refractivity contribution >= 4 is 11.7 Å². The van der Waals surface area contributed by atoms with Crippen LogP contribution in [0.1, 0.15) is 16.2 Å². The lowest BCUT2D eigenvalue weighted by atomic mass is 10.2. The van der Waals surface area contributed by atoms with Crippen LogP contribution in [0.4, 0.5) is 18.9 Å². The monoisotopic (exact) mass is 424 g/mol. The lowest BCUT2D eigenvalue weighted by Gasteiger charge is -2.08. The molecule has 0 fully saturated rings. The summed E-state index contributed by atoms with van der Waals surface area (Å²) < 4.78 is 50.7. The average Bonchev–Trinajstić information content (AvgIpc) is 3.19. The second kappa shape index (κ2) is 8.55. The van der Waals surface area contributed by atoms with Crippen LogP contribution >= 0.6 is 0 Å². The van der Waals surface area contributed by atoms with E-state index in [1.165, 1.54) is 30.3 Å². The Morgan fingerprint density at radius 2 is 1.90 bits per heavy atom. The fourth-order valence-electron chi connectivity index (χ4n) is 2.12. The molecule has 0 radical (unpaired) electrons. The Bertz CT molecular complexity index is 1030. The van der Waals surface area contributed by atoms with Gasteiger partial charge in [0.2, 0.25) is 11.7 Å². The van der Waals surface area contributed by atoms with E-state index < -0.39 is 23.7 Å². The first-order chi connectivity index (χ1) is 14.2. The van der Waals surface area contributed by atoms with Crippen molar-refractivity contribution in [3.8, 4) is 17.3 Å². The molecule has 3 rings (SSSR count). The van der Waals surface area contributed by atoms with E-state index in [1.54, 1.807) is 0 Å². The third kappa shape index (κ3) is 5.50. The molecule has 1 aromatic carbocycles. The van der Waals surface area contributed by atoms with Crippen LogP contribution in [0.15, 0.2) is 47.1 Å². The van der Waals surface area contributed by atoms with Gasteiger partial charge in [-0.1, -0.05) is 5.16 Å². The standard InChI is InChI=1S/C17H11F3N4O6/c18-17(19,20)9-29-13-6-3-11(7-21-13)16(25)28-8-14-22-15(23-30-14)10-1-4-12(5-2-10)24(26)27/h1-7H,8-9H2. The number of non-ortho nitro benzene ring substituents is 1. The molecular weight excluding hydrogens is 413 g/mol. The SMILES string of the molecule is O=C(OCc1nc(-c2ccc([N+](=O)[O-])cc2)no1)c1ccc(OCC(F)(F)F)nc1. The molecule has 0 aliphatic carbocycles. The fourth-order valence-corrected chi connectivity index (χ4v) is 2.12. The number of hydrogen-bond acceptors (Lipinski definition) is 9. The van der Waals surface area contributed by atoms with Crippen LogP contribution in [0.5, 0.6) is 5.88 Å². The first-order valence-electron chi connectivity index (χ1n) is 8.11. The maximum Gasteiger partial charge on any atom is 0.422 e. The minimum Gasteiger partial charge on any atom is -0.468 e. The van der Waals surface area contributed by atoms with Gasteiger partial charge in [0, 0.05) is 30.0 Å². The highest BCUT2D eigenvalue weighted by Gasteiger charge is 2.28. The van der Waals surface area contributed by atoms with Gasteiger partial charge in [-0.25, -0.2) is 9.78 Å². The maximum absolute atomic E-state index is 12.1. The third-order valence-corrected chi connectivity index (χ3v) is 3.49. The van der Waals surface area contributed by atoms with Gasteiger partial charge in [-0.3, -0.25) is 10.1 Å². The summed E-state index contributed by atoms with van der Waals surface area (Å²) in [5.74, 6) is -1.01. The van der Waals surface area contributed by atoms with Gasteiger partial charge in [-0.05, 0) is 18.2 Å². The van der Waals surface area contributed by atoms with Crippen molar-refractivity contribution in [3.05, 3.63) is 64.2 Å². The number of carbonyl (C=O) groups is 1. The van der Waals surface area contributed by atoms with Crippen molar-refractivity contribution in [2.24, 2.45) is 0 Å². The molecular formula is C17H11F3N4O6. The number of nitro benzene ring substituents is 1. The van der Waals surface area contributed by atoms with Gasteiger partial charge in [0.1, 0.15) is 0 Å². The lowest BCUT2D eigenvalue weighted by molar-refractivity contribution is -0.384. The summed E-state index contributed by atoms with van der Waals surface area (Å²) in [5, 5.41) is 14.4. The summed E-state index contributed by atoms with van der Waals surface area (Å²) >= 11 is 0. The summed E-state index contributed by atoms with van der Waals surface area (Å²) in [6, 6.07) is 7.72. The second-order valence-electron chi connectivity index (χ2n) is 5.68. The van der Waals surface area contributed by atoms with Crippen molar-refractivity contribution in [3.63, 3.8) is 0 Å². The average molecular weight is 424 g/mol. The molecule has 10 nitrogen and oxygen atoms in total. The molecule has 0 atom stereocenters. The molecule has 0 aliphatic heterocycles. The fraction of sp³-hybridized carbons (Fsp3) is 0.176. The Hall–Kier alpha value is -4.03. The molecule has 0 saturated carbocycles. The van der Waals surface area contributed by atoms with E-state index in [4.69, 9.17) is 9.26 Å². The van der Waals surface area contributed by atoms with Crippen LogP contribution in [-0.4, -0.2) is 38.8 Å². The van der Waals surface area contributed by atoms with Crippen LogP contribution in [0.3, 0.4) is 0 Å². The number of halogens is 3. The van der Waals surface area contributed by atoms with Crippen molar-refractivity contribution in [1.82, 2.24) is 15.1 Å². The molecule has 30 heavy (non-hydrogen) atoms.